The number of likely N-dealkylation sites (tertiary alicyclic amines) is 1. The predicted octanol–water partition coefficient (Wildman–Crippen LogP) is 3.56. The maximum absolute atomic E-state index is 13.7. The van der Waals surface area contributed by atoms with E-state index >= 15 is 0 Å². The Morgan fingerprint density at radius 2 is 1.84 bits per heavy atom. The third-order valence-electron chi connectivity index (χ3n) is 7.88. The molecule has 3 fully saturated rings. The van der Waals surface area contributed by atoms with Gasteiger partial charge >= 0.3 is 6.09 Å². The van der Waals surface area contributed by atoms with E-state index in [1.165, 1.54) is 5.56 Å². The summed E-state index contributed by atoms with van der Waals surface area (Å²) >= 11 is 0. The highest BCUT2D eigenvalue weighted by molar-refractivity contribution is 5.84. The summed E-state index contributed by atoms with van der Waals surface area (Å²) in [7, 11) is 1.68. The van der Waals surface area contributed by atoms with Crippen LogP contribution in [0.1, 0.15) is 62.6 Å². The molecule has 1 unspecified atom stereocenters. The molecule has 1 N–H and O–H groups in total. The second kappa shape index (κ2) is 9.40. The van der Waals surface area contributed by atoms with Crippen molar-refractivity contribution in [3.05, 3.63) is 35.4 Å². The first-order valence-electron chi connectivity index (χ1n) is 12.0. The molecular weight excluding hydrogens is 406 g/mol. The quantitative estimate of drug-likeness (QED) is 0.728. The zero-order valence-corrected chi connectivity index (χ0v) is 19.6. The molecule has 0 aromatic heterocycles. The van der Waals surface area contributed by atoms with E-state index in [2.05, 4.69) is 36.9 Å². The summed E-state index contributed by atoms with van der Waals surface area (Å²) < 4.78 is 5.25. The number of carbonyl (C=O) groups is 2. The topological polar surface area (TPSA) is 73.3 Å². The second-order valence-corrected chi connectivity index (χ2v) is 10.1. The highest BCUT2D eigenvalue weighted by Crippen LogP contribution is 2.53. The molecule has 0 bridgehead atoms. The third-order valence-corrected chi connectivity index (χ3v) is 7.88. The number of piperazine rings is 1. The maximum Gasteiger partial charge on any atom is 0.407 e. The van der Waals surface area contributed by atoms with Crippen LogP contribution in [0.15, 0.2) is 24.3 Å². The average molecular weight is 444 g/mol. The zero-order valence-electron chi connectivity index (χ0n) is 19.6. The van der Waals surface area contributed by atoms with Gasteiger partial charge in [-0.15, -0.1) is 0 Å². The van der Waals surface area contributed by atoms with Gasteiger partial charge in [0.15, 0.2) is 0 Å². The molecule has 1 aromatic carbocycles. The smallest absolute Gasteiger partial charge is 0.407 e. The van der Waals surface area contributed by atoms with Crippen LogP contribution < -0.4 is 0 Å². The van der Waals surface area contributed by atoms with Gasteiger partial charge in [0.05, 0.1) is 6.61 Å². The molecule has 176 valence electrons. The van der Waals surface area contributed by atoms with E-state index in [0.717, 1.165) is 44.3 Å². The van der Waals surface area contributed by atoms with Crippen LogP contribution in [0, 0.1) is 5.41 Å². The number of benzene rings is 1. The van der Waals surface area contributed by atoms with Gasteiger partial charge in [0.1, 0.15) is 6.04 Å². The maximum atomic E-state index is 13.7. The van der Waals surface area contributed by atoms with Gasteiger partial charge in [-0.3, -0.25) is 9.69 Å². The lowest BCUT2D eigenvalue weighted by Gasteiger charge is -2.57. The summed E-state index contributed by atoms with van der Waals surface area (Å²) in [6, 6.07) is 8.53. The number of methoxy groups -OCH3 is 1. The summed E-state index contributed by atoms with van der Waals surface area (Å²) in [4.78, 5) is 30.9. The van der Waals surface area contributed by atoms with Crippen LogP contribution in [0.3, 0.4) is 0 Å². The van der Waals surface area contributed by atoms with Crippen LogP contribution in [0.4, 0.5) is 4.79 Å². The second-order valence-electron chi connectivity index (χ2n) is 10.1. The Bertz CT molecular complexity index is 826. The van der Waals surface area contributed by atoms with Crippen LogP contribution >= 0.6 is 0 Å². The van der Waals surface area contributed by atoms with Crippen molar-refractivity contribution in [2.24, 2.45) is 5.41 Å². The molecule has 1 aromatic rings. The van der Waals surface area contributed by atoms with E-state index in [9.17, 15) is 14.7 Å². The van der Waals surface area contributed by atoms with E-state index in [1.807, 2.05) is 11.0 Å². The zero-order chi connectivity index (χ0) is 22.9. The third kappa shape index (κ3) is 4.37. The first kappa shape index (κ1) is 23.1. The van der Waals surface area contributed by atoms with Gasteiger partial charge in [-0.2, -0.15) is 0 Å². The standard InChI is InChI=1S/C25H37N3O4/c1-18(2)20-6-4-5-7-21(20)22-23(29)26(14-15-32-3)12-13-28(22)19-16-25(17-19)8-10-27(11-9-25)24(30)31/h4-7,18-19,22H,8-17H2,1-3H3,(H,30,31). The highest BCUT2D eigenvalue weighted by Gasteiger charge is 2.51. The number of ether oxygens (including phenoxy) is 1. The highest BCUT2D eigenvalue weighted by atomic mass is 16.5. The van der Waals surface area contributed by atoms with Crippen molar-refractivity contribution in [3.63, 3.8) is 0 Å². The molecule has 1 spiro atoms. The molecule has 2 aliphatic heterocycles. The summed E-state index contributed by atoms with van der Waals surface area (Å²) in [5, 5.41) is 9.27. The van der Waals surface area contributed by atoms with Crippen LogP contribution in [-0.4, -0.2) is 84.3 Å². The average Bonchev–Trinajstić information content (AvgIpc) is 2.76. The fourth-order valence-corrected chi connectivity index (χ4v) is 5.96. The van der Waals surface area contributed by atoms with Gasteiger partial charge in [0, 0.05) is 45.9 Å². The molecule has 1 atom stereocenters. The first-order chi connectivity index (χ1) is 15.3. The number of amides is 2. The summed E-state index contributed by atoms with van der Waals surface area (Å²) in [5.41, 5.74) is 2.62. The van der Waals surface area contributed by atoms with Crippen molar-refractivity contribution < 1.29 is 19.4 Å². The van der Waals surface area contributed by atoms with Gasteiger partial charge in [0.2, 0.25) is 5.91 Å². The Balaban J connectivity index is 1.54. The van der Waals surface area contributed by atoms with E-state index in [4.69, 9.17) is 4.74 Å². The molecule has 0 radical (unpaired) electrons. The summed E-state index contributed by atoms with van der Waals surface area (Å²) in [6.07, 6.45) is 3.19. The van der Waals surface area contributed by atoms with Crippen molar-refractivity contribution >= 4 is 12.0 Å². The van der Waals surface area contributed by atoms with Gasteiger partial charge < -0.3 is 19.6 Å². The number of nitrogens with zero attached hydrogens (tertiary/aromatic N) is 3. The minimum absolute atomic E-state index is 0.183. The molecule has 1 saturated carbocycles. The molecular formula is C25H37N3O4. The van der Waals surface area contributed by atoms with Crippen molar-refractivity contribution in [2.45, 2.75) is 57.5 Å². The lowest BCUT2D eigenvalue weighted by Crippen LogP contribution is -2.61. The molecule has 4 rings (SSSR count). The van der Waals surface area contributed by atoms with E-state index in [-0.39, 0.29) is 17.4 Å². The monoisotopic (exact) mass is 443 g/mol. The van der Waals surface area contributed by atoms with Gasteiger partial charge in [-0.1, -0.05) is 38.1 Å². The lowest BCUT2D eigenvalue weighted by molar-refractivity contribution is -0.150. The van der Waals surface area contributed by atoms with Crippen molar-refractivity contribution in [1.82, 2.24) is 14.7 Å². The molecule has 32 heavy (non-hydrogen) atoms. The largest absolute Gasteiger partial charge is 0.465 e. The Hall–Kier alpha value is -2.12. The molecule has 7 heteroatoms. The summed E-state index contributed by atoms with van der Waals surface area (Å²) in [6.45, 7) is 8.42. The fourth-order valence-electron chi connectivity index (χ4n) is 5.96. The van der Waals surface area contributed by atoms with Crippen molar-refractivity contribution in [1.29, 1.82) is 0 Å². The molecule has 2 amide bonds. The Labute approximate surface area is 191 Å². The Morgan fingerprint density at radius 1 is 1.16 bits per heavy atom. The van der Waals surface area contributed by atoms with E-state index in [0.29, 0.717) is 38.2 Å². The van der Waals surface area contributed by atoms with Crippen LogP contribution in [0.25, 0.3) is 0 Å². The normalized spacial score (nSPS) is 24.2. The van der Waals surface area contributed by atoms with Gasteiger partial charge in [-0.05, 0) is 48.1 Å². The Kier molecular flexibility index (Phi) is 6.77. The van der Waals surface area contributed by atoms with Gasteiger partial charge in [0.25, 0.3) is 0 Å². The van der Waals surface area contributed by atoms with Crippen molar-refractivity contribution in [2.75, 3.05) is 46.4 Å². The minimum Gasteiger partial charge on any atom is -0.465 e. The number of carboxylic acid groups (broad SMARTS) is 1. The number of hydrogen-bond acceptors (Lipinski definition) is 4. The van der Waals surface area contributed by atoms with Crippen LogP contribution in [0.5, 0.6) is 0 Å². The SMILES string of the molecule is COCCN1CCN(C2CC3(CCN(C(=O)O)CC3)C2)C(c2ccccc2C(C)C)C1=O. The van der Waals surface area contributed by atoms with Crippen LogP contribution in [0.2, 0.25) is 0 Å². The Morgan fingerprint density at radius 3 is 2.47 bits per heavy atom. The van der Waals surface area contributed by atoms with Crippen molar-refractivity contribution in [3.8, 4) is 0 Å². The fraction of sp³-hybridized carbons (Fsp3) is 0.680. The summed E-state index contributed by atoms with van der Waals surface area (Å²) in [5.74, 6) is 0.534. The van der Waals surface area contributed by atoms with E-state index < -0.39 is 6.09 Å². The number of piperidine rings is 1. The number of hydrogen-bond donors (Lipinski definition) is 1. The molecule has 3 aliphatic rings. The lowest BCUT2D eigenvalue weighted by atomic mass is 9.59. The molecule has 7 nitrogen and oxygen atoms in total. The van der Waals surface area contributed by atoms with Gasteiger partial charge in [-0.25, -0.2) is 4.79 Å². The minimum atomic E-state index is -0.807. The first-order valence-corrected chi connectivity index (χ1v) is 12.0. The molecule has 2 saturated heterocycles. The van der Waals surface area contributed by atoms with Crippen LogP contribution in [-0.2, 0) is 9.53 Å². The molecule has 1 aliphatic carbocycles. The number of rotatable bonds is 6. The number of carbonyl (C=O) groups excluding carboxylic acids is 1. The molecule has 2 heterocycles. The predicted molar refractivity (Wildman–Crippen MR) is 123 cm³/mol. The van der Waals surface area contributed by atoms with E-state index in [1.54, 1.807) is 12.0 Å².